The number of benzene rings is 4. The predicted molar refractivity (Wildman–Crippen MR) is 183 cm³/mol. The van der Waals surface area contributed by atoms with E-state index in [1.54, 1.807) is 85.8 Å². The lowest BCUT2D eigenvalue weighted by molar-refractivity contribution is -0.114. The number of anilines is 2. The maximum absolute atomic E-state index is 13.7. The van der Waals surface area contributed by atoms with Gasteiger partial charge < -0.3 is 25.8 Å². The second-order valence-corrected chi connectivity index (χ2v) is 11.8. The molecular weight excluding hydrogens is 636 g/mol. The maximum Gasteiger partial charge on any atom is 0.254 e. The molecule has 11 heteroatoms. The first kappa shape index (κ1) is 32.9. The lowest BCUT2D eigenvalue weighted by Crippen LogP contribution is -2.31. The molecule has 1 unspecified atom stereocenters. The molecule has 0 bridgehead atoms. The highest BCUT2D eigenvalue weighted by Crippen LogP contribution is 2.43. The number of halogens is 1. The molecule has 0 aromatic heterocycles. The van der Waals surface area contributed by atoms with Crippen LogP contribution in [0, 0.1) is 11.3 Å². The van der Waals surface area contributed by atoms with Crippen molar-refractivity contribution in [3.05, 3.63) is 141 Å². The number of phenolic OH excluding ortho intramolecular Hbond substituents is 1. The van der Waals surface area contributed by atoms with E-state index in [2.05, 4.69) is 22.0 Å². The molecule has 4 aromatic rings. The smallest absolute Gasteiger partial charge is 0.254 e. The highest BCUT2D eigenvalue weighted by Gasteiger charge is 2.35. The van der Waals surface area contributed by atoms with Gasteiger partial charge in [0, 0.05) is 33.1 Å². The molecule has 1 atom stereocenters. The number of allylic oxidation sites excluding steroid dienone is 2. The number of aromatic hydroxyl groups is 1. The van der Waals surface area contributed by atoms with Crippen molar-refractivity contribution in [2.45, 2.75) is 12.8 Å². The van der Waals surface area contributed by atoms with Crippen molar-refractivity contribution in [2.75, 3.05) is 23.5 Å². The number of nitriles is 1. The molecule has 5 rings (SSSR count). The van der Waals surface area contributed by atoms with E-state index in [9.17, 15) is 24.8 Å². The average Bonchev–Trinajstić information content (AvgIpc) is 3.08. The summed E-state index contributed by atoms with van der Waals surface area (Å²) >= 11 is 7.28. The van der Waals surface area contributed by atoms with Crippen molar-refractivity contribution in [1.82, 2.24) is 5.32 Å². The number of carbonyl (C=O) groups excluding carboxylic acids is 3. The number of dihydropyridines is 1. The number of amides is 2. The molecule has 236 valence electrons. The number of phenols is 1. The van der Waals surface area contributed by atoms with Crippen molar-refractivity contribution in [3.8, 4) is 17.6 Å². The second kappa shape index (κ2) is 14.7. The number of ketones is 1. The first-order valence-corrected chi connectivity index (χ1v) is 15.7. The Labute approximate surface area is 280 Å². The van der Waals surface area contributed by atoms with Crippen LogP contribution in [-0.4, -0.2) is 35.6 Å². The molecular formula is C36H29ClN4O5S. The minimum absolute atomic E-state index is 0.0951. The molecule has 0 fully saturated rings. The van der Waals surface area contributed by atoms with Gasteiger partial charge in [-0.1, -0.05) is 78.0 Å². The van der Waals surface area contributed by atoms with Gasteiger partial charge in [0.15, 0.2) is 17.3 Å². The lowest BCUT2D eigenvalue weighted by Gasteiger charge is -2.30. The summed E-state index contributed by atoms with van der Waals surface area (Å²) in [6.45, 7) is 1.72. The average molecular weight is 665 g/mol. The molecule has 2 amide bonds. The molecule has 0 radical (unpaired) electrons. The number of nitrogens with zero attached hydrogens (tertiary/aromatic N) is 1. The third-order valence-corrected chi connectivity index (χ3v) is 8.60. The summed E-state index contributed by atoms with van der Waals surface area (Å²) in [5, 5.41) is 30.3. The summed E-state index contributed by atoms with van der Waals surface area (Å²) in [6, 6.07) is 29.1. The van der Waals surface area contributed by atoms with Gasteiger partial charge in [-0.3, -0.25) is 14.4 Å². The fraction of sp³-hybridized carbons (Fsp3) is 0.111. The molecule has 0 saturated carbocycles. The van der Waals surface area contributed by atoms with Gasteiger partial charge in [-0.2, -0.15) is 5.26 Å². The van der Waals surface area contributed by atoms with E-state index < -0.39 is 17.7 Å². The van der Waals surface area contributed by atoms with Crippen LogP contribution in [0.25, 0.3) is 0 Å². The summed E-state index contributed by atoms with van der Waals surface area (Å²) in [4.78, 5) is 40.2. The summed E-state index contributed by atoms with van der Waals surface area (Å²) < 4.78 is 5.32. The maximum atomic E-state index is 13.7. The Balaban J connectivity index is 1.43. The van der Waals surface area contributed by atoms with Crippen LogP contribution in [0.3, 0.4) is 0 Å². The van der Waals surface area contributed by atoms with Crippen molar-refractivity contribution in [1.29, 1.82) is 5.26 Å². The fourth-order valence-corrected chi connectivity index (χ4v) is 6.20. The first-order chi connectivity index (χ1) is 22.7. The van der Waals surface area contributed by atoms with Gasteiger partial charge in [0.25, 0.3) is 5.91 Å². The van der Waals surface area contributed by atoms with E-state index in [1.165, 1.54) is 19.2 Å². The van der Waals surface area contributed by atoms with Gasteiger partial charge in [0.05, 0.1) is 41.1 Å². The van der Waals surface area contributed by atoms with Crippen LogP contribution in [0.1, 0.15) is 34.3 Å². The monoisotopic (exact) mass is 664 g/mol. The Hall–Kier alpha value is -5.50. The zero-order chi connectivity index (χ0) is 33.5. The Morgan fingerprint density at radius 2 is 1.68 bits per heavy atom. The van der Waals surface area contributed by atoms with Crippen LogP contribution in [-0.2, 0) is 9.59 Å². The summed E-state index contributed by atoms with van der Waals surface area (Å²) in [5.41, 5.74) is 3.05. The minimum Gasteiger partial charge on any atom is -0.504 e. The standard InChI is InChI=1S/C36H29ClN4O5S/c1-21-32(35(45)40-25-11-7-4-8-12-25)33(23-13-16-29(42)30(17-23)46-2)27(19-38)36(39-21)47-20-31(43)41-28-15-14-24(37)18-26(28)34(44)22-9-5-3-6-10-22/h3-18,33,39,42H,20H2,1-2H3,(H,40,45)(H,41,43). The summed E-state index contributed by atoms with van der Waals surface area (Å²) in [6.07, 6.45) is 0. The Morgan fingerprint density at radius 3 is 2.36 bits per heavy atom. The van der Waals surface area contributed by atoms with Crippen molar-refractivity contribution < 1.29 is 24.2 Å². The molecule has 0 spiro atoms. The second-order valence-electron chi connectivity index (χ2n) is 10.4. The fourth-order valence-electron chi connectivity index (χ4n) is 5.14. The Morgan fingerprint density at radius 1 is 0.979 bits per heavy atom. The van der Waals surface area contributed by atoms with Crippen LogP contribution in [0.15, 0.2) is 119 Å². The molecule has 9 nitrogen and oxygen atoms in total. The van der Waals surface area contributed by atoms with Crippen molar-refractivity contribution in [2.24, 2.45) is 0 Å². The topological polar surface area (TPSA) is 141 Å². The van der Waals surface area contributed by atoms with Crippen LogP contribution in [0.4, 0.5) is 11.4 Å². The summed E-state index contributed by atoms with van der Waals surface area (Å²) in [7, 11) is 1.41. The number of ether oxygens (including phenoxy) is 1. The number of hydrogen-bond acceptors (Lipinski definition) is 8. The highest BCUT2D eigenvalue weighted by atomic mass is 35.5. The molecule has 4 N–H and O–H groups in total. The van der Waals surface area contributed by atoms with Crippen molar-refractivity contribution in [3.63, 3.8) is 0 Å². The zero-order valence-electron chi connectivity index (χ0n) is 25.3. The van der Waals surface area contributed by atoms with Gasteiger partial charge in [-0.15, -0.1) is 0 Å². The number of para-hydroxylation sites is 1. The van der Waals surface area contributed by atoms with Crippen LogP contribution < -0.4 is 20.7 Å². The third kappa shape index (κ3) is 7.49. The van der Waals surface area contributed by atoms with Gasteiger partial charge in [0.2, 0.25) is 5.91 Å². The van der Waals surface area contributed by atoms with Gasteiger partial charge in [0.1, 0.15) is 0 Å². The Bertz CT molecular complexity index is 1960. The molecule has 4 aromatic carbocycles. The Kier molecular flexibility index (Phi) is 10.3. The van der Waals surface area contributed by atoms with E-state index in [1.807, 2.05) is 6.07 Å². The minimum atomic E-state index is -0.851. The van der Waals surface area contributed by atoms with Gasteiger partial charge >= 0.3 is 0 Å². The number of rotatable bonds is 10. The van der Waals surface area contributed by atoms with E-state index in [4.69, 9.17) is 16.3 Å². The molecule has 1 heterocycles. The number of hydrogen-bond donors (Lipinski definition) is 4. The number of nitrogens with one attached hydrogen (secondary N) is 3. The van der Waals surface area contributed by atoms with E-state index in [0.717, 1.165) is 11.8 Å². The van der Waals surface area contributed by atoms with Crippen LogP contribution >= 0.6 is 23.4 Å². The largest absolute Gasteiger partial charge is 0.504 e. The molecule has 0 aliphatic carbocycles. The lowest BCUT2D eigenvalue weighted by atomic mass is 9.82. The van der Waals surface area contributed by atoms with Crippen LogP contribution in [0.2, 0.25) is 5.02 Å². The molecule has 1 aliphatic rings. The predicted octanol–water partition coefficient (Wildman–Crippen LogP) is 6.99. The quantitative estimate of drug-likeness (QED) is 0.133. The normalized spacial score (nSPS) is 14.1. The zero-order valence-corrected chi connectivity index (χ0v) is 26.9. The third-order valence-electron chi connectivity index (χ3n) is 7.34. The first-order valence-electron chi connectivity index (χ1n) is 14.4. The molecule has 0 saturated heterocycles. The number of carbonyl (C=O) groups is 3. The molecule has 1 aliphatic heterocycles. The highest BCUT2D eigenvalue weighted by molar-refractivity contribution is 8.03. The van der Waals surface area contributed by atoms with Gasteiger partial charge in [-0.25, -0.2) is 0 Å². The number of methoxy groups -OCH3 is 1. The summed E-state index contributed by atoms with van der Waals surface area (Å²) in [5.74, 6) is -2.04. The van der Waals surface area contributed by atoms with Crippen LogP contribution in [0.5, 0.6) is 11.5 Å². The SMILES string of the molecule is COc1cc(C2C(C#N)=C(SCC(=O)Nc3ccc(Cl)cc3C(=O)c3ccccc3)NC(C)=C2C(=O)Nc2ccccc2)ccc1O. The van der Waals surface area contributed by atoms with E-state index >= 15 is 0 Å². The van der Waals surface area contributed by atoms with E-state index in [0.29, 0.717) is 38.3 Å². The number of thioether (sulfide) groups is 1. The van der Waals surface area contributed by atoms with E-state index in [-0.39, 0.29) is 39.7 Å². The molecule has 47 heavy (non-hydrogen) atoms. The van der Waals surface area contributed by atoms with Gasteiger partial charge in [-0.05, 0) is 55.0 Å². The van der Waals surface area contributed by atoms with Crippen molar-refractivity contribution >= 4 is 52.3 Å².